The predicted molar refractivity (Wildman–Crippen MR) is 66.7 cm³/mol. The van der Waals surface area contributed by atoms with E-state index in [0.717, 1.165) is 10.9 Å². The number of thiophene rings is 1. The van der Waals surface area contributed by atoms with Gasteiger partial charge in [0.2, 0.25) is 0 Å². The van der Waals surface area contributed by atoms with Crippen LogP contribution in [0.3, 0.4) is 0 Å². The van der Waals surface area contributed by atoms with Gasteiger partial charge in [-0.2, -0.15) is 0 Å². The molecular weight excluding hydrogens is 212 g/mol. The molecule has 0 saturated carbocycles. The van der Waals surface area contributed by atoms with E-state index in [0.29, 0.717) is 0 Å². The molecule has 76 valence electrons. The number of hydrogen-bond donors (Lipinski definition) is 1. The summed E-state index contributed by atoms with van der Waals surface area (Å²) in [6.45, 7) is 6.44. The van der Waals surface area contributed by atoms with Crippen LogP contribution in [0.15, 0.2) is 15.8 Å². The van der Waals surface area contributed by atoms with Crippen LogP contribution in [0.4, 0.5) is 5.69 Å². The SMILES string of the molecule is Cc1cscc1NC1=NC(C)(C)CS1. The fourth-order valence-corrected chi connectivity index (χ4v) is 3.08. The van der Waals surface area contributed by atoms with Gasteiger partial charge in [-0.25, -0.2) is 0 Å². The third-order valence-electron chi connectivity index (χ3n) is 2.06. The van der Waals surface area contributed by atoms with E-state index in [1.807, 2.05) is 0 Å². The van der Waals surface area contributed by atoms with E-state index in [4.69, 9.17) is 0 Å². The third kappa shape index (κ3) is 2.12. The van der Waals surface area contributed by atoms with Crippen LogP contribution in [0.2, 0.25) is 0 Å². The average Bonchev–Trinajstić information content (AvgIpc) is 2.61. The van der Waals surface area contributed by atoms with Gasteiger partial charge >= 0.3 is 0 Å². The zero-order valence-electron chi connectivity index (χ0n) is 8.63. The van der Waals surface area contributed by atoms with Gasteiger partial charge in [-0.05, 0) is 31.7 Å². The van der Waals surface area contributed by atoms with Gasteiger partial charge in [0.1, 0.15) is 0 Å². The molecule has 0 unspecified atom stereocenters. The fourth-order valence-electron chi connectivity index (χ4n) is 1.25. The molecule has 0 radical (unpaired) electrons. The molecule has 0 saturated heterocycles. The van der Waals surface area contributed by atoms with Crippen molar-refractivity contribution in [1.82, 2.24) is 0 Å². The highest BCUT2D eigenvalue weighted by atomic mass is 32.2. The second kappa shape index (κ2) is 3.59. The molecule has 1 N–H and O–H groups in total. The second-order valence-corrected chi connectivity index (χ2v) is 5.82. The zero-order chi connectivity index (χ0) is 10.2. The Labute approximate surface area is 92.8 Å². The van der Waals surface area contributed by atoms with Crippen LogP contribution in [0.5, 0.6) is 0 Å². The van der Waals surface area contributed by atoms with Crippen molar-refractivity contribution in [3.8, 4) is 0 Å². The number of hydrogen-bond acceptors (Lipinski definition) is 4. The quantitative estimate of drug-likeness (QED) is 0.794. The molecule has 1 aliphatic rings. The van der Waals surface area contributed by atoms with Crippen LogP contribution < -0.4 is 5.32 Å². The van der Waals surface area contributed by atoms with Crippen molar-refractivity contribution in [3.63, 3.8) is 0 Å². The summed E-state index contributed by atoms with van der Waals surface area (Å²) >= 11 is 3.52. The summed E-state index contributed by atoms with van der Waals surface area (Å²) in [5.41, 5.74) is 2.58. The van der Waals surface area contributed by atoms with Gasteiger partial charge < -0.3 is 5.32 Å². The number of nitrogens with zero attached hydrogens (tertiary/aromatic N) is 1. The minimum Gasteiger partial charge on any atom is -0.334 e. The Balaban J connectivity index is 2.10. The maximum absolute atomic E-state index is 4.61. The van der Waals surface area contributed by atoms with Crippen LogP contribution in [0, 0.1) is 6.92 Å². The fraction of sp³-hybridized carbons (Fsp3) is 0.500. The summed E-state index contributed by atoms with van der Waals surface area (Å²) in [4.78, 5) is 4.61. The molecule has 0 aromatic carbocycles. The number of aliphatic imine (C=N–C) groups is 1. The topological polar surface area (TPSA) is 24.4 Å². The largest absolute Gasteiger partial charge is 0.334 e. The highest BCUT2D eigenvalue weighted by molar-refractivity contribution is 8.14. The van der Waals surface area contributed by atoms with Crippen molar-refractivity contribution in [2.45, 2.75) is 26.3 Å². The molecule has 0 aliphatic carbocycles. The number of thioether (sulfide) groups is 1. The molecule has 0 spiro atoms. The van der Waals surface area contributed by atoms with Crippen molar-refractivity contribution in [2.24, 2.45) is 4.99 Å². The Bertz CT molecular complexity index is 366. The molecule has 0 bridgehead atoms. The van der Waals surface area contributed by atoms with Crippen LogP contribution in [-0.2, 0) is 0 Å². The predicted octanol–water partition coefficient (Wildman–Crippen LogP) is 3.35. The molecule has 0 atom stereocenters. The standard InChI is InChI=1S/C10H14N2S2/c1-7-4-13-5-8(7)11-9-12-10(2,3)6-14-9/h4-5H,6H2,1-3H3,(H,11,12). The van der Waals surface area contributed by atoms with Gasteiger partial charge in [0.25, 0.3) is 0 Å². The van der Waals surface area contributed by atoms with Crippen LogP contribution in [0.25, 0.3) is 0 Å². The Morgan fingerprint density at radius 1 is 1.43 bits per heavy atom. The summed E-state index contributed by atoms with van der Waals surface area (Å²) in [6, 6.07) is 0. The summed E-state index contributed by atoms with van der Waals surface area (Å²) in [5.74, 6) is 1.07. The minimum atomic E-state index is 0.0942. The lowest BCUT2D eigenvalue weighted by atomic mass is 10.1. The van der Waals surface area contributed by atoms with Crippen LogP contribution in [0.1, 0.15) is 19.4 Å². The normalized spacial score (nSPS) is 19.5. The molecular formula is C10H14N2S2. The first-order chi connectivity index (χ1) is 6.57. The lowest BCUT2D eigenvalue weighted by molar-refractivity contribution is 0.605. The lowest BCUT2D eigenvalue weighted by Gasteiger charge is -2.09. The van der Waals surface area contributed by atoms with E-state index in [-0.39, 0.29) is 5.54 Å². The Morgan fingerprint density at radius 3 is 2.71 bits per heavy atom. The van der Waals surface area contributed by atoms with E-state index in [1.165, 1.54) is 11.3 Å². The molecule has 1 aromatic heterocycles. The molecule has 2 nitrogen and oxygen atoms in total. The van der Waals surface area contributed by atoms with E-state index in [2.05, 4.69) is 41.8 Å². The first-order valence-electron chi connectivity index (χ1n) is 4.59. The molecule has 1 aliphatic heterocycles. The molecule has 0 fully saturated rings. The number of amidine groups is 1. The zero-order valence-corrected chi connectivity index (χ0v) is 10.3. The summed E-state index contributed by atoms with van der Waals surface area (Å²) in [6.07, 6.45) is 0. The van der Waals surface area contributed by atoms with Gasteiger partial charge in [0.15, 0.2) is 5.17 Å². The van der Waals surface area contributed by atoms with Gasteiger partial charge in [-0.15, -0.1) is 11.3 Å². The molecule has 4 heteroatoms. The third-order valence-corrected chi connectivity index (χ3v) is 4.24. The number of anilines is 1. The Hall–Kier alpha value is -0.480. The van der Waals surface area contributed by atoms with Gasteiger partial charge in [0, 0.05) is 11.1 Å². The van der Waals surface area contributed by atoms with Crippen molar-refractivity contribution in [2.75, 3.05) is 11.1 Å². The monoisotopic (exact) mass is 226 g/mol. The molecule has 1 aromatic rings. The van der Waals surface area contributed by atoms with Gasteiger partial charge in [0.05, 0.1) is 11.2 Å². The van der Waals surface area contributed by atoms with E-state index < -0.39 is 0 Å². The van der Waals surface area contributed by atoms with E-state index in [1.54, 1.807) is 23.1 Å². The number of aryl methyl sites for hydroxylation is 1. The van der Waals surface area contributed by atoms with Crippen molar-refractivity contribution in [3.05, 3.63) is 16.3 Å². The maximum Gasteiger partial charge on any atom is 0.161 e. The van der Waals surface area contributed by atoms with E-state index >= 15 is 0 Å². The second-order valence-electron chi connectivity index (χ2n) is 4.11. The van der Waals surface area contributed by atoms with Crippen molar-refractivity contribution in [1.29, 1.82) is 0 Å². The Kier molecular flexibility index (Phi) is 2.58. The van der Waals surface area contributed by atoms with Gasteiger partial charge in [-0.1, -0.05) is 11.8 Å². The number of nitrogens with one attached hydrogen (secondary N) is 1. The van der Waals surface area contributed by atoms with E-state index in [9.17, 15) is 0 Å². The average molecular weight is 226 g/mol. The van der Waals surface area contributed by atoms with Crippen molar-refractivity contribution < 1.29 is 0 Å². The minimum absolute atomic E-state index is 0.0942. The molecule has 2 heterocycles. The molecule has 2 rings (SSSR count). The summed E-state index contributed by atoms with van der Waals surface area (Å²) in [7, 11) is 0. The smallest absolute Gasteiger partial charge is 0.161 e. The Morgan fingerprint density at radius 2 is 2.21 bits per heavy atom. The van der Waals surface area contributed by atoms with Crippen molar-refractivity contribution >= 4 is 34.0 Å². The van der Waals surface area contributed by atoms with Crippen LogP contribution in [-0.4, -0.2) is 16.5 Å². The first kappa shape index (κ1) is 10.1. The first-order valence-corrected chi connectivity index (χ1v) is 6.52. The number of rotatable bonds is 1. The molecule has 14 heavy (non-hydrogen) atoms. The highest BCUT2D eigenvalue weighted by Crippen LogP contribution is 2.29. The summed E-state index contributed by atoms with van der Waals surface area (Å²) in [5, 5.41) is 8.70. The highest BCUT2D eigenvalue weighted by Gasteiger charge is 2.25. The molecule has 0 amide bonds. The lowest BCUT2D eigenvalue weighted by Crippen LogP contribution is -2.15. The maximum atomic E-state index is 4.61. The summed E-state index contributed by atoms with van der Waals surface area (Å²) < 4.78 is 0. The van der Waals surface area contributed by atoms with Gasteiger partial charge in [-0.3, -0.25) is 4.99 Å². The van der Waals surface area contributed by atoms with Crippen LogP contribution >= 0.6 is 23.1 Å².